The fourth-order valence-corrected chi connectivity index (χ4v) is 1.94. The van der Waals surface area contributed by atoms with Crippen LogP contribution in [0.3, 0.4) is 0 Å². The summed E-state index contributed by atoms with van der Waals surface area (Å²) in [5.41, 5.74) is 6.89. The van der Waals surface area contributed by atoms with Crippen LogP contribution in [0.4, 0.5) is 17.6 Å². The number of benzene rings is 2. The lowest BCUT2D eigenvalue weighted by Crippen LogP contribution is -2.20. The molecule has 0 saturated heterocycles. The van der Waals surface area contributed by atoms with Crippen molar-refractivity contribution in [1.29, 1.82) is 0 Å². The number of hydrogen-bond acceptors (Lipinski definition) is 2. The Morgan fingerprint density at radius 1 is 1.10 bits per heavy atom. The maximum atomic E-state index is 13.6. The van der Waals surface area contributed by atoms with Gasteiger partial charge in [0.05, 0.1) is 6.04 Å². The summed E-state index contributed by atoms with van der Waals surface area (Å²) >= 11 is 0. The van der Waals surface area contributed by atoms with E-state index in [0.29, 0.717) is 11.1 Å². The maximum Gasteiger partial charge on any atom is 0.573 e. The van der Waals surface area contributed by atoms with Crippen LogP contribution in [0.2, 0.25) is 0 Å². The molecule has 0 bridgehead atoms. The molecule has 6 heteroatoms. The van der Waals surface area contributed by atoms with E-state index >= 15 is 0 Å². The minimum absolute atomic E-state index is 0.137. The van der Waals surface area contributed by atoms with E-state index in [1.54, 1.807) is 19.1 Å². The number of hydrogen-bond donors (Lipinski definition) is 1. The quantitative estimate of drug-likeness (QED) is 0.867. The van der Waals surface area contributed by atoms with Crippen molar-refractivity contribution in [2.24, 2.45) is 5.73 Å². The van der Waals surface area contributed by atoms with Crippen LogP contribution in [0.5, 0.6) is 5.75 Å². The molecule has 0 amide bonds. The third kappa shape index (κ3) is 3.72. The monoisotopic (exact) mass is 299 g/mol. The standard InChI is InChI=1S/C15H13F4NO/c1-9-6-7-10(8-12(9)16)14(20)11-4-2-3-5-13(11)21-15(17,18)19/h2-8,14H,20H2,1H3. The number of aryl methyl sites for hydroxylation is 1. The second-order valence-corrected chi connectivity index (χ2v) is 4.57. The summed E-state index contributed by atoms with van der Waals surface area (Å²) in [5, 5.41) is 0. The number of halogens is 4. The molecular weight excluding hydrogens is 286 g/mol. The Kier molecular flexibility index (Phi) is 4.18. The summed E-state index contributed by atoms with van der Waals surface area (Å²) in [5.74, 6) is -0.851. The average molecular weight is 299 g/mol. The molecule has 0 saturated carbocycles. The minimum atomic E-state index is -4.81. The molecule has 112 valence electrons. The molecule has 2 aromatic carbocycles. The van der Waals surface area contributed by atoms with Crippen LogP contribution >= 0.6 is 0 Å². The predicted molar refractivity (Wildman–Crippen MR) is 70.3 cm³/mol. The zero-order valence-electron chi connectivity index (χ0n) is 11.1. The summed E-state index contributed by atoms with van der Waals surface area (Å²) in [4.78, 5) is 0. The second kappa shape index (κ2) is 5.73. The zero-order chi connectivity index (χ0) is 15.6. The SMILES string of the molecule is Cc1ccc(C(N)c2ccccc2OC(F)(F)F)cc1F. The summed E-state index contributed by atoms with van der Waals surface area (Å²) in [6, 6.07) is 8.95. The lowest BCUT2D eigenvalue weighted by molar-refractivity contribution is -0.274. The molecular formula is C15H13F4NO. The number of para-hydroxylation sites is 1. The predicted octanol–water partition coefficient (Wildman–Crippen LogP) is 4.08. The van der Waals surface area contributed by atoms with Crippen LogP contribution in [0.1, 0.15) is 22.7 Å². The van der Waals surface area contributed by atoms with Gasteiger partial charge in [0, 0.05) is 5.56 Å². The number of nitrogens with two attached hydrogens (primary N) is 1. The van der Waals surface area contributed by atoms with Crippen molar-refractivity contribution in [3.05, 3.63) is 65.0 Å². The normalized spacial score (nSPS) is 13.0. The lowest BCUT2D eigenvalue weighted by atomic mass is 9.97. The largest absolute Gasteiger partial charge is 0.573 e. The van der Waals surface area contributed by atoms with Crippen LogP contribution in [-0.2, 0) is 0 Å². The molecule has 21 heavy (non-hydrogen) atoms. The van der Waals surface area contributed by atoms with E-state index in [4.69, 9.17) is 5.73 Å². The Bertz CT molecular complexity index is 640. The zero-order valence-corrected chi connectivity index (χ0v) is 11.1. The second-order valence-electron chi connectivity index (χ2n) is 4.57. The Hall–Kier alpha value is -2.08. The molecule has 0 aromatic heterocycles. The molecule has 0 aliphatic rings. The molecule has 1 atom stereocenters. The summed E-state index contributed by atoms with van der Waals surface area (Å²) in [6.45, 7) is 1.59. The summed E-state index contributed by atoms with van der Waals surface area (Å²) in [6.07, 6.45) is -4.81. The topological polar surface area (TPSA) is 35.2 Å². The molecule has 2 nitrogen and oxygen atoms in total. The highest BCUT2D eigenvalue weighted by atomic mass is 19.4. The van der Waals surface area contributed by atoms with Crippen LogP contribution in [0.15, 0.2) is 42.5 Å². The first kappa shape index (κ1) is 15.3. The first-order chi connectivity index (χ1) is 9.78. The molecule has 0 spiro atoms. The van der Waals surface area contributed by atoms with E-state index in [2.05, 4.69) is 4.74 Å². The number of alkyl halides is 3. The lowest BCUT2D eigenvalue weighted by Gasteiger charge is -2.18. The Labute approximate surface area is 119 Å². The minimum Gasteiger partial charge on any atom is -0.405 e. The molecule has 2 N–H and O–H groups in total. The molecule has 0 heterocycles. The molecule has 0 aliphatic heterocycles. The van der Waals surface area contributed by atoms with E-state index < -0.39 is 24.0 Å². The van der Waals surface area contributed by atoms with Gasteiger partial charge in [0.15, 0.2) is 0 Å². The van der Waals surface area contributed by atoms with Gasteiger partial charge in [0.2, 0.25) is 0 Å². The highest BCUT2D eigenvalue weighted by Crippen LogP contribution is 2.32. The van der Waals surface area contributed by atoms with Crippen molar-refractivity contribution in [3.63, 3.8) is 0 Å². The van der Waals surface area contributed by atoms with Crippen LogP contribution < -0.4 is 10.5 Å². The van der Waals surface area contributed by atoms with E-state index in [-0.39, 0.29) is 5.56 Å². The van der Waals surface area contributed by atoms with E-state index in [1.807, 2.05) is 0 Å². The van der Waals surface area contributed by atoms with E-state index in [9.17, 15) is 17.6 Å². The third-order valence-corrected chi connectivity index (χ3v) is 3.03. The van der Waals surface area contributed by atoms with Gasteiger partial charge in [-0.15, -0.1) is 13.2 Å². The van der Waals surface area contributed by atoms with Gasteiger partial charge in [-0.1, -0.05) is 30.3 Å². The molecule has 0 radical (unpaired) electrons. The number of ether oxygens (including phenoxy) is 1. The van der Waals surface area contributed by atoms with Crippen molar-refractivity contribution in [3.8, 4) is 5.75 Å². The van der Waals surface area contributed by atoms with Crippen molar-refractivity contribution in [1.82, 2.24) is 0 Å². The van der Waals surface area contributed by atoms with Gasteiger partial charge >= 0.3 is 6.36 Å². The fourth-order valence-electron chi connectivity index (χ4n) is 1.94. The highest BCUT2D eigenvalue weighted by Gasteiger charge is 2.32. The van der Waals surface area contributed by atoms with Crippen molar-refractivity contribution in [2.45, 2.75) is 19.3 Å². The molecule has 1 unspecified atom stereocenters. The summed E-state index contributed by atoms with van der Waals surface area (Å²) in [7, 11) is 0. The Morgan fingerprint density at radius 3 is 2.38 bits per heavy atom. The smallest absolute Gasteiger partial charge is 0.405 e. The van der Waals surface area contributed by atoms with Crippen molar-refractivity contribution < 1.29 is 22.3 Å². The maximum absolute atomic E-state index is 13.6. The molecule has 2 rings (SSSR count). The van der Waals surface area contributed by atoms with Crippen LogP contribution in [0.25, 0.3) is 0 Å². The van der Waals surface area contributed by atoms with Crippen LogP contribution in [-0.4, -0.2) is 6.36 Å². The van der Waals surface area contributed by atoms with Gasteiger partial charge in [-0.05, 0) is 30.2 Å². The third-order valence-electron chi connectivity index (χ3n) is 3.03. The van der Waals surface area contributed by atoms with Gasteiger partial charge in [-0.2, -0.15) is 0 Å². The van der Waals surface area contributed by atoms with Gasteiger partial charge in [0.1, 0.15) is 11.6 Å². The van der Waals surface area contributed by atoms with Gasteiger partial charge in [-0.3, -0.25) is 0 Å². The molecule has 0 aliphatic carbocycles. The Morgan fingerprint density at radius 2 is 1.76 bits per heavy atom. The van der Waals surface area contributed by atoms with Crippen molar-refractivity contribution >= 4 is 0 Å². The van der Waals surface area contributed by atoms with Crippen LogP contribution in [0, 0.1) is 12.7 Å². The average Bonchev–Trinajstić information content (AvgIpc) is 2.40. The van der Waals surface area contributed by atoms with Crippen molar-refractivity contribution in [2.75, 3.05) is 0 Å². The molecule has 2 aromatic rings. The first-order valence-electron chi connectivity index (χ1n) is 6.14. The number of rotatable bonds is 3. The van der Waals surface area contributed by atoms with E-state index in [1.165, 1.54) is 30.3 Å². The van der Waals surface area contributed by atoms with Gasteiger partial charge < -0.3 is 10.5 Å². The summed E-state index contributed by atoms with van der Waals surface area (Å²) < 4.78 is 54.7. The molecule has 0 fully saturated rings. The first-order valence-corrected chi connectivity index (χ1v) is 6.14. The Balaban J connectivity index is 2.38. The van der Waals surface area contributed by atoms with E-state index in [0.717, 1.165) is 0 Å². The fraction of sp³-hybridized carbons (Fsp3) is 0.200. The highest BCUT2D eigenvalue weighted by molar-refractivity contribution is 5.42. The van der Waals surface area contributed by atoms with Gasteiger partial charge in [-0.25, -0.2) is 4.39 Å². The van der Waals surface area contributed by atoms with Gasteiger partial charge in [0.25, 0.3) is 0 Å².